The van der Waals surface area contributed by atoms with Crippen molar-refractivity contribution < 1.29 is 14.3 Å². The molecule has 2 fully saturated rings. The zero-order valence-corrected chi connectivity index (χ0v) is 8.74. The Balaban J connectivity index is 2.15. The Kier molecular flexibility index (Phi) is 1.93. The van der Waals surface area contributed by atoms with Gasteiger partial charge in [0.15, 0.2) is 0 Å². The van der Waals surface area contributed by atoms with Gasteiger partial charge in [-0.05, 0) is 20.8 Å². The second kappa shape index (κ2) is 2.79. The smallest absolute Gasteiger partial charge is 0.230 e. The first-order valence-electron chi connectivity index (χ1n) is 4.99. The van der Waals surface area contributed by atoms with E-state index in [2.05, 4.69) is 0 Å². The predicted octanol–water partition coefficient (Wildman–Crippen LogP) is 0.701. The molecule has 2 rings (SSSR count). The molecule has 0 aromatic heterocycles. The van der Waals surface area contributed by atoms with Crippen molar-refractivity contribution in [3.05, 3.63) is 0 Å². The molecule has 2 heterocycles. The third-order valence-electron chi connectivity index (χ3n) is 3.49. The predicted molar refractivity (Wildman–Crippen MR) is 49.5 cm³/mol. The van der Waals surface area contributed by atoms with Crippen LogP contribution in [0.3, 0.4) is 0 Å². The SMILES string of the molecule is CC1OC1(C)C(C)N1C(=O)CCC1=O. The molecule has 14 heavy (non-hydrogen) atoms. The minimum absolute atomic E-state index is 0.0635. The average Bonchev–Trinajstić information content (AvgIpc) is 2.58. The molecule has 0 aromatic rings. The minimum Gasteiger partial charge on any atom is -0.364 e. The van der Waals surface area contributed by atoms with Gasteiger partial charge in [0.1, 0.15) is 5.60 Å². The topological polar surface area (TPSA) is 49.9 Å². The number of amides is 2. The quantitative estimate of drug-likeness (QED) is 0.483. The summed E-state index contributed by atoms with van der Waals surface area (Å²) in [6.45, 7) is 5.79. The van der Waals surface area contributed by atoms with E-state index in [0.29, 0.717) is 12.8 Å². The van der Waals surface area contributed by atoms with Crippen LogP contribution in [0.15, 0.2) is 0 Å². The largest absolute Gasteiger partial charge is 0.364 e. The number of carbonyl (C=O) groups is 2. The fourth-order valence-corrected chi connectivity index (χ4v) is 2.07. The third-order valence-corrected chi connectivity index (χ3v) is 3.49. The Labute approximate surface area is 83.2 Å². The number of hydrogen-bond donors (Lipinski definition) is 0. The van der Waals surface area contributed by atoms with Crippen molar-refractivity contribution in [3.8, 4) is 0 Å². The fraction of sp³-hybridized carbons (Fsp3) is 0.800. The lowest BCUT2D eigenvalue weighted by molar-refractivity contribution is -0.142. The number of hydrogen-bond acceptors (Lipinski definition) is 3. The molecule has 0 aromatic carbocycles. The van der Waals surface area contributed by atoms with Crippen LogP contribution in [0.4, 0.5) is 0 Å². The van der Waals surface area contributed by atoms with Gasteiger partial charge in [0.25, 0.3) is 0 Å². The van der Waals surface area contributed by atoms with Crippen molar-refractivity contribution in [1.82, 2.24) is 4.90 Å². The lowest BCUT2D eigenvalue weighted by Gasteiger charge is -2.26. The van der Waals surface area contributed by atoms with Gasteiger partial charge in [-0.2, -0.15) is 0 Å². The molecule has 2 aliphatic heterocycles. The lowest BCUT2D eigenvalue weighted by atomic mass is 9.99. The highest BCUT2D eigenvalue weighted by molar-refractivity contribution is 6.02. The number of epoxide rings is 1. The van der Waals surface area contributed by atoms with Gasteiger partial charge in [-0.3, -0.25) is 14.5 Å². The van der Waals surface area contributed by atoms with Crippen LogP contribution >= 0.6 is 0 Å². The summed E-state index contributed by atoms with van der Waals surface area (Å²) in [6.07, 6.45) is 0.847. The summed E-state index contributed by atoms with van der Waals surface area (Å²) in [5.41, 5.74) is -0.324. The second-order valence-corrected chi connectivity index (χ2v) is 4.28. The van der Waals surface area contributed by atoms with Crippen molar-refractivity contribution in [2.24, 2.45) is 0 Å². The maximum Gasteiger partial charge on any atom is 0.230 e. The number of likely N-dealkylation sites (tertiary alicyclic amines) is 1. The Bertz CT molecular complexity index is 286. The van der Waals surface area contributed by atoms with Gasteiger partial charge >= 0.3 is 0 Å². The van der Waals surface area contributed by atoms with Crippen molar-refractivity contribution in [2.45, 2.75) is 51.4 Å². The van der Waals surface area contributed by atoms with E-state index in [-0.39, 0.29) is 29.6 Å². The van der Waals surface area contributed by atoms with Crippen LogP contribution in [0, 0.1) is 0 Å². The normalized spacial score (nSPS) is 39.1. The first-order valence-corrected chi connectivity index (χ1v) is 4.99. The summed E-state index contributed by atoms with van der Waals surface area (Å²) in [5.74, 6) is -0.127. The summed E-state index contributed by atoms with van der Waals surface area (Å²) in [7, 11) is 0. The van der Waals surface area contributed by atoms with Crippen molar-refractivity contribution >= 4 is 11.8 Å². The van der Waals surface area contributed by atoms with E-state index in [1.54, 1.807) is 0 Å². The number of ether oxygens (including phenoxy) is 1. The molecule has 0 saturated carbocycles. The number of carbonyl (C=O) groups excluding carboxylic acids is 2. The van der Waals surface area contributed by atoms with E-state index >= 15 is 0 Å². The average molecular weight is 197 g/mol. The fourth-order valence-electron chi connectivity index (χ4n) is 2.07. The summed E-state index contributed by atoms with van der Waals surface area (Å²) >= 11 is 0. The first kappa shape index (κ1) is 9.65. The van der Waals surface area contributed by atoms with Gasteiger partial charge < -0.3 is 4.74 Å². The molecule has 0 N–H and O–H groups in total. The molecule has 4 heteroatoms. The summed E-state index contributed by atoms with van der Waals surface area (Å²) in [6, 6.07) is -0.139. The highest BCUT2D eigenvalue weighted by Gasteiger charge is 2.57. The molecule has 3 atom stereocenters. The van der Waals surface area contributed by atoms with Crippen LogP contribution in [-0.2, 0) is 14.3 Å². The second-order valence-electron chi connectivity index (χ2n) is 4.28. The molecule has 2 aliphatic rings. The van der Waals surface area contributed by atoms with Gasteiger partial charge in [0, 0.05) is 12.8 Å². The van der Waals surface area contributed by atoms with Crippen LogP contribution in [-0.4, -0.2) is 34.5 Å². The Hall–Kier alpha value is -0.900. The standard InChI is InChI=1S/C10H15NO3/c1-6(10(3)7(2)14-10)11-8(12)4-5-9(11)13/h6-7H,4-5H2,1-3H3. The third kappa shape index (κ3) is 1.17. The minimum atomic E-state index is -0.324. The lowest BCUT2D eigenvalue weighted by Crippen LogP contribution is -2.46. The summed E-state index contributed by atoms with van der Waals surface area (Å²) in [4.78, 5) is 24.3. The summed E-state index contributed by atoms with van der Waals surface area (Å²) in [5, 5.41) is 0. The first-order chi connectivity index (χ1) is 6.47. The number of rotatable bonds is 2. The molecule has 2 amide bonds. The van der Waals surface area contributed by atoms with E-state index < -0.39 is 0 Å². The van der Waals surface area contributed by atoms with Crippen LogP contribution < -0.4 is 0 Å². The molecule has 78 valence electrons. The highest BCUT2D eigenvalue weighted by atomic mass is 16.6. The van der Waals surface area contributed by atoms with Gasteiger partial charge in [-0.15, -0.1) is 0 Å². The molecular weight excluding hydrogens is 182 g/mol. The van der Waals surface area contributed by atoms with E-state index in [1.807, 2.05) is 20.8 Å². The molecule has 4 nitrogen and oxygen atoms in total. The summed E-state index contributed by atoms with van der Waals surface area (Å²) < 4.78 is 5.43. The van der Waals surface area contributed by atoms with Crippen molar-refractivity contribution in [1.29, 1.82) is 0 Å². The Morgan fingerprint density at radius 1 is 1.43 bits per heavy atom. The number of nitrogens with zero attached hydrogens (tertiary/aromatic N) is 1. The molecule has 0 spiro atoms. The van der Waals surface area contributed by atoms with E-state index in [4.69, 9.17) is 4.74 Å². The van der Waals surface area contributed by atoms with Crippen molar-refractivity contribution in [3.63, 3.8) is 0 Å². The highest BCUT2D eigenvalue weighted by Crippen LogP contribution is 2.41. The Morgan fingerprint density at radius 2 is 1.86 bits per heavy atom. The van der Waals surface area contributed by atoms with E-state index in [1.165, 1.54) is 4.90 Å². The maximum absolute atomic E-state index is 11.5. The molecule has 0 radical (unpaired) electrons. The Morgan fingerprint density at radius 3 is 2.21 bits per heavy atom. The van der Waals surface area contributed by atoms with Crippen LogP contribution in [0.5, 0.6) is 0 Å². The molecule has 3 unspecified atom stereocenters. The van der Waals surface area contributed by atoms with Crippen LogP contribution in [0.25, 0.3) is 0 Å². The monoisotopic (exact) mass is 197 g/mol. The van der Waals surface area contributed by atoms with Crippen LogP contribution in [0.1, 0.15) is 33.6 Å². The zero-order valence-electron chi connectivity index (χ0n) is 8.74. The number of imide groups is 1. The molecule has 0 aliphatic carbocycles. The molecule has 2 saturated heterocycles. The van der Waals surface area contributed by atoms with E-state index in [9.17, 15) is 9.59 Å². The van der Waals surface area contributed by atoms with E-state index in [0.717, 1.165) is 0 Å². The van der Waals surface area contributed by atoms with Crippen LogP contribution in [0.2, 0.25) is 0 Å². The zero-order chi connectivity index (χ0) is 10.5. The van der Waals surface area contributed by atoms with Gasteiger partial charge in [-0.1, -0.05) is 0 Å². The molecule has 0 bridgehead atoms. The van der Waals surface area contributed by atoms with Gasteiger partial charge in [-0.25, -0.2) is 0 Å². The van der Waals surface area contributed by atoms with Crippen molar-refractivity contribution in [2.75, 3.05) is 0 Å². The maximum atomic E-state index is 11.5. The molecular formula is C10H15NO3. The van der Waals surface area contributed by atoms with Gasteiger partial charge in [0.2, 0.25) is 11.8 Å². The van der Waals surface area contributed by atoms with Gasteiger partial charge in [0.05, 0.1) is 12.1 Å².